The molecule has 2 aromatic rings. The summed E-state index contributed by atoms with van der Waals surface area (Å²) in [6, 6.07) is 11.6. The molecule has 1 aliphatic heterocycles. The summed E-state index contributed by atoms with van der Waals surface area (Å²) in [6.45, 7) is -0.118. The lowest BCUT2D eigenvalue weighted by atomic mass is 10.1. The molecule has 27 heavy (non-hydrogen) atoms. The van der Waals surface area contributed by atoms with Gasteiger partial charge in [0, 0.05) is 13.0 Å². The Hall–Kier alpha value is -3.03. The molecule has 1 aliphatic rings. The molecule has 0 spiro atoms. The van der Waals surface area contributed by atoms with Crippen molar-refractivity contribution < 1.29 is 27.5 Å². The van der Waals surface area contributed by atoms with Crippen molar-refractivity contribution in [3.8, 4) is 5.75 Å². The molecule has 8 heteroatoms. The maximum absolute atomic E-state index is 13.2. The summed E-state index contributed by atoms with van der Waals surface area (Å²) in [6.07, 6.45) is -4.75. The number of anilines is 2. The van der Waals surface area contributed by atoms with Crippen molar-refractivity contribution in [3.63, 3.8) is 0 Å². The summed E-state index contributed by atoms with van der Waals surface area (Å²) in [4.78, 5) is 25.8. The van der Waals surface area contributed by atoms with Crippen LogP contribution >= 0.6 is 0 Å². The van der Waals surface area contributed by atoms with Crippen LogP contribution in [0, 0.1) is 5.92 Å². The van der Waals surface area contributed by atoms with E-state index in [4.69, 9.17) is 4.74 Å². The molecule has 0 radical (unpaired) electrons. The van der Waals surface area contributed by atoms with Gasteiger partial charge in [-0.3, -0.25) is 9.59 Å². The van der Waals surface area contributed by atoms with Gasteiger partial charge in [-0.15, -0.1) is 0 Å². The Morgan fingerprint density at radius 1 is 1.15 bits per heavy atom. The van der Waals surface area contributed by atoms with Crippen LogP contribution < -0.4 is 15.0 Å². The third-order valence-electron chi connectivity index (χ3n) is 4.36. The Balaban J connectivity index is 1.79. The standard InChI is InChI=1S/C19H17F3N2O3/c1-27-16-9-5-3-7-14(16)23-18(26)12-10-17(25)24(11-12)15-8-4-2-6-13(15)19(20,21)22/h2-9,12H,10-11H2,1H3,(H,23,26). The van der Waals surface area contributed by atoms with Crippen molar-refractivity contribution in [3.05, 3.63) is 54.1 Å². The quantitative estimate of drug-likeness (QED) is 0.883. The average molecular weight is 378 g/mol. The molecule has 1 fully saturated rings. The molecular formula is C19H17F3N2O3. The van der Waals surface area contributed by atoms with E-state index in [0.717, 1.165) is 11.0 Å². The second-order valence-electron chi connectivity index (χ2n) is 6.11. The Bertz CT molecular complexity index is 867. The number of nitrogens with zero attached hydrogens (tertiary/aromatic N) is 1. The van der Waals surface area contributed by atoms with E-state index in [1.807, 2.05) is 0 Å². The molecule has 3 rings (SSSR count). The van der Waals surface area contributed by atoms with Gasteiger partial charge in [-0.1, -0.05) is 24.3 Å². The molecule has 1 saturated heterocycles. The van der Waals surface area contributed by atoms with Crippen LogP contribution in [0.15, 0.2) is 48.5 Å². The molecule has 2 aromatic carbocycles. The van der Waals surface area contributed by atoms with Crippen molar-refractivity contribution in [2.75, 3.05) is 23.9 Å². The van der Waals surface area contributed by atoms with Gasteiger partial charge in [0.15, 0.2) is 0 Å². The Morgan fingerprint density at radius 2 is 1.81 bits per heavy atom. The maximum Gasteiger partial charge on any atom is 0.418 e. The number of benzene rings is 2. The lowest BCUT2D eigenvalue weighted by Crippen LogP contribution is -2.29. The first kappa shape index (κ1) is 18.8. The smallest absolute Gasteiger partial charge is 0.418 e. The predicted molar refractivity (Wildman–Crippen MR) is 93.5 cm³/mol. The fourth-order valence-corrected chi connectivity index (χ4v) is 3.05. The first-order valence-corrected chi connectivity index (χ1v) is 8.21. The summed E-state index contributed by atoms with van der Waals surface area (Å²) in [5.41, 5.74) is -0.696. The summed E-state index contributed by atoms with van der Waals surface area (Å²) >= 11 is 0. The zero-order chi connectivity index (χ0) is 19.6. The molecule has 1 atom stereocenters. The number of ether oxygens (including phenoxy) is 1. The minimum atomic E-state index is -4.59. The molecule has 1 N–H and O–H groups in total. The Kier molecular flexibility index (Phi) is 5.07. The zero-order valence-corrected chi connectivity index (χ0v) is 14.4. The molecular weight excluding hydrogens is 361 g/mol. The number of nitrogens with one attached hydrogen (secondary N) is 1. The zero-order valence-electron chi connectivity index (χ0n) is 14.4. The fraction of sp³-hybridized carbons (Fsp3) is 0.263. The van der Waals surface area contributed by atoms with Crippen LogP contribution in [0.2, 0.25) is 0 Å². The number of hydrogen-bond donors (Lipinski definition) is 1. The van der Waals surface area contributed by atoms with E-state index >= 15 is 0 Å². The molecule has 0 bridgehead atoms. The van der Waals surface area contributed by atoms with Crippen molar-refractivity contribution in [1.29, 1.82) is 0 Å². The van der Waals surface area contributed by atoms with Crippen LogP contribution in [-0.2, 0) is 15.8 Å². The average Bonchev–Trinajstić information content (AvgIpc) is 3.03. The van der Waals surface area contributed by atoms with Gasteiger partial charge in [0.1, 0.15) is 5.75 Å². The van der Waals surface area contributed by atoms with E-state index in [0.29, 0.717) is 11.4 Å². The number of halogens is 3. The second-order valence-corrected chi connectivity index (χ2v) is 6.11. The van der Waals surface area contributed by atoms with Gasteiger partial charge >= 0.3 is 6.18 Å². The van der Waals surface area contributed by atoms with Crippen molar-refractivity contribution in [2.24, 2.45) is 5.92 Å². The van der Waals surface area contributed by atoms with Gasteiger partial charge in [-0.05, 0) is 24.3 Å². The third kappa shape index (κ3) is 3.89. The third-order valence-corrected chi connectivity index (χ3v) is 4.36. The van der Waals surface area contributed by atoms with Crippen molar-refractivity contribution in [2.45, 2.75) is 12.6 Å². The van der Waals surface area contributed by atoms with Gasteiger partial charge < -0.3 is 15.0 Å². The molecule has 142 valence electrons. The number of rotatable bonds is 4. The lowest BCUT2D eigenvalue weighted by Gasteiger charge is -2.21. The molecule has 2 amide bonds. The van der Waals surface area contributed by atoms with Crippen LogP contribution in [0.1, 0.15) is 12.0 Å². The van der Waals surface area contributed by atoms with E-state index in [-0.39, 0.29) is 18.7 Å². The number of para-hydroxylation sites is 3. The van der Waals surface area contributed by atoms with Crippen LogP contribution in [0.25, 0.3) is 0 Å². The highest BCUT2D eigenvalue weighted by Crippen LogP contribution is 2.38. The number of carbonyl (C=O) groups is 2. The van der Waals surface area contributed by atoms with E-state index in [1.165, 1.54) is 25.3 Å². The minimum absolute atomic E-state index is 0.118. The second kappa shape index (κ2) is 7.30. The Morgan fingerprint density at radius 3 is 2.52 bits per heavy atom. The van der Waals surface area contributed by atoms with E-state index in [1.54, 1.807) is 24.3 Å². The van der Waals surface area contributed by atoms with E-state index in [2.05, 4.69) is 5.32 Å². The SMILES string of the molecule is COc1ccccc1NC(=O)C1CC(=O)N(c2ccccc2C(F)(F)F)C1. The summed E-state index contributed by atoms with van der Waals surface area (Å²) < 4.78 is 44.8. The first-order valence-electron chi connectivity index (χ1n) is 8.21. The number of methoxy groups -OCH3 is 1. The molecule has 0 aliphatic carbocycles. The van der Waals surface area contributed by atoms with Crippen LogP contribution in [0.3, 0.4) is 0 Å². The minimum Gasteiger partial charge on any atom is -0.495 e. The number of amides is 2. The van der Waals surface area contributed by atoms with Crippen LogP contribution in [0.5, 0.6) is 5.75 Å². The van der Waals surface area contributed by atoms with E-state index in [9.17, 15) is 22.8 Å². The molecule has 0 aromatic heterocycles. The monoisotopic (exact) mass is 378 g/mol. The van der Waals surface area contributed by atoms with E-state index < -0.39 is 29.5 Å². The van der Waals surface area contributed by atoms with Gasteiger partial charge in [0.05, 0.1) is 30.0 Å². The normalized spacial score (nSPS) is 17.1. The van der Waals surface area contributed by atoms with Crippen LogP contribution in [-0.4, -0.2) is 25.5 Å². The van der Waals surface area contributed by atoms with Crippen molar-refractivity contribution >= 4 is 23.2 Å². The summed E-state index contributed by atoms with van der Waals surface area (Å²) in [7, 11) is 1.46. The van der Waals surface area contributed by atoms with Gasteiger partial charge in [-0.2, -0.15) is 13.2 Å². The van der Waals surface area contributed by atoms with Crippen molar-refractivity contribution in [1.82, 2.24) is 0 Å². The number of carbonyl (C=O) groups excluding carboxylic acids is 2. The lowest BCUT2D eigenvalue weighted by molar-refractivity contribution is -0.137. The largest absolute Gasteiger partial charge is 0.495 e. The number of hydrogen-bond acceptors (Lipinski definition) is 3. The predicted octanol–water partition coefficient (Wildman–Crippen LogP) is 3.71. The maximum atomic E-state index is 13.2. The summed E-state index contributed by atoms with van der Waals surface area (Å²) in [5.74, 6) is -1.27. The topological polar surface area (TPSA) is 58.6 Å². The highest BCUT2D eigenvalue weighted by molar-refractivity contribution is 6.04. The molecule has 0 saturated carbocycles. The first-order chi connectivity index (χ1) is 12.8. The van der Waals surface area contributed by atoms with Gasteiger partial charge in [-0.25, -0.2) is 0 Å². The summed E-state index contributed by atoms with van der Waals surface area (Å²) in [5, 5.41) is 2.68. The number of alkyl halides is 3. The van der Waals surface area contributed by atoms with Crippen LogP contribution in [0.4, 0.5) is 24.5 Å². The molecule has 5 nitrogen and oxygen atoms in total. The van der Waals surface area contributed by atoms with Gasteiger partial charge in [0.2, 0.25) is 11.8 Å². The highest BCUT2D eigenvalue weighted by atomic mass is 19.4. The van der Waals surface area contributed by atoms with Gasteiger partial charge in [0.25, 0.3) is 0 Å². The Labute approximate surface area is 153 Å². The fourth-order valence-electron chi connectivity index (χ4n) is 3.05. The molecule has 1 heterocycles. The molecule has 1 unspecified atom stereocenters. The highest BCUT2D eigenvalue weighted by Gasteiger charge is 2.40.